The molecule has 1 N–H and O–H groups in total. The second-order valence-corrected chi connectivity index (χ2v) is 10.5. The van der Waals surface area contributed by atoms with Crippen LogP contribution in [0, 0.1) is 5.82 Å². The maximum Gasteiger partial charge on any atom is 0.348 e. The Labute approximate surface area is 192 Å². The van der Waals surface area contributed by atoms with E-state index in [1.165, 1.54) is 41.4 Å². The van der Waals surface area contributed by atoms with Gasteiger partial charge in [-0.25, -0.2) is 27.3 Å². The number of rotatable bonds is 9. The minimum absolute atomic E-state index is 0.0920. The summed E-state index contributed by atoms with van der Waals surface area (Å²) >= 11 is 2.35. The standard InChI is InChI=1S/C20H20FN3O5S3/c1-13(25)24(17-6-4-3-5-16(17)21)20-23-14(12-30-20)11-29-19(26)18-8-7-15(31-18)9-10-22-32(2,27)28/h3-8,12,22H,9-11H2,1-2H3. The number of thiazole rings is 1. The van der Waals surface area contributed by atoms with Crippen LogP contribution in [0.3, 0.4) is 0 Å². The van der Waals surface area contributed by atoms with Crippen molar-refractivity contribution in [3.63, 3.8) is 0 Å². The summed E-state index contributed by atoms with van der Waals surface area (Å²) in [7, 11) is -3.26. The Morgan fingerprint density at radius 1 is 1.22 bits per heavy atom. The smallest absolute Gasteiger partial charge is 0.348 e. The average molecular weight is 498 g/mol. The number of ether oxygens (including phenoxy) is 1. The van der Waals surface area contributed by atoms with E-state index in [-0.39, 0.29) is 24.0 Å². The molecule has 0 unspecified atom stereocenters. The number of hydrogen-bond acceptors (Lipinski definition) is 8. The van der Waals surface area contributed by atoms with Gasteiger partial charge in [0.05, 0.1) is 17.6 Å². The van der Waals surface area contributed by atoms with Crippen LogP contribution in [-0.4, -0.2) is 38.1 Å². The predicted molar refractivity (Wildman–Crippen MR) is 121 cm³/mol. The average Bonchev–Trinajstić information content (AvgIpc) is 3.37. The van der Waals surface area contributed by atoms with E-state index < -0.39 is 27.7 Å². The summed E-state index contributed by atoms with van der Waals surface area (Å²) in [5.74, 6) is -1.49. The Hall–Kier alpha value is -2.67. The van der Waals surface area contributed by atoms with Gasteiger partial charge in [0.25, 0.3) is 0 Å². The van der Waals surface area contributed by atoms with Crippen molar-refractivity contribution in [3.05, 3.63) is 63.0 Å². The number of esters is 1. The van der Waals surface area contributed by atoms with Crippen molar-refractivity contribution < 1.29 is 27.1 Å². The Morgan fingerprint density at radius 3 is 2.66 bits per heavy atom. The summed E-state index contributed by atoms with van der Waals surface area (Å²) in [5, 5.41) is 1.90. The van der Waals surface area contributed by atoms with Crippen LogP contribution in [0.25, 0.3) is 0 Å². The molecule has 0 radical (unpaired) electrons. The number of hydrogen-bond donors (Lipinski definition) is 1. The number of aromatic nitrogens is 1. The number of nitrogens with one attached hydrogen (secondary N) is 1. The van der Waals surface area contributed by atoms with Crippen LogP contribution >= 0.6 is 22.7 Å². The predicted octanol–water partition coefficient (Wildman–Crippen LogP) is 3.48. The summed E-state index contributed by atoms with van der Waals surface area (Å²) in [4.78, 5) is 31.1. The van der Waals surface area contributed by atoms with Crippen molar-refractivity contribution in [1.82, 2.24) is 9.71 Å². The fourth-order valence-corrected chi connectivity index (χ4v) is 4.94. The van der Waals surface area contributed by atoms with Gasteiger partial charge in [0.1, 0.15) is 17.3 Å². The lowest BCUT2D eigenvalue weighted by Crippen LogP contribution is -2.23. The van der Waals surface area contributed by atoms with Crippen LogP contribution in [0.5, 0.6) is 0 Å². The lowest BCUT2D eigenvalue weighted by molar-refractivity contribution is -0.115. The van der Waals surface area contributed by atoms with Crippen molar-refractivity contribution in [2.75, 3.05) is 17.7 Å². The van der Waals surface area contributed by atoms with Crippen LogP contribution in [0.4, 0.5) is 15.2 Å². The zero-order chi connectivity index (χ0) is 23.3. The second-order valence-electron chi connectivity index (χ2n) is 6.69. The molecule has 12 heteroatoms. The number of benzene rings is 1. The highest BCUT2D eigenvalue weighted by molar-refractivity contribution is 7.88. The van der Waals surface area contributed by atoms with Gasteiger partial charge < -0.3 is 4.74 Å². The minimum atomic E-state index is -3.26. The molecule has 0 atom stereocenters. The highest BCUT2D eigenvalue weighted by Crippen LogP contribution is 2.31. The van der Waals surface area contributed by atoms with Gasteiger partial charge in [-0.3, -0.25) is 9.69 Å². The molecule has 0 saturated heterocycles. The van der Waals surface area contributed by atoms with Gasteiger partial charge in [0.15, 0.2) is 5.13 Å². The molecule has 3 rings (SSSR count). The maximum absolute atomic E-state index is 14.2. The summed E-state index contributed by atoms with van der Waals surface area (Å²) in [5.41, 5.74) is 0.518. The quantitative estimate of drug-likeness (QED) is 0.454. The first-order valence-corrected chi connectivity index (χ1v) is 12.9. The lowest BCUT2D eigenvalue weighted by Gasteiger charge is -2.18. The Balaban J connectivity index is 1.61. The number of halogens is 1. The molecule has 0 aliphatic heterocycles. The van der Waals surface area contributed by atoms with E-state index in [9.17, 15) is 22.4 Å². The Morgan fingerprint density at radius 2 is 1.97 bits per heavy atom. The van der Waals surface area contributed by atoms with Crippen molar-refractivity contribution in [3.8, 4) is 0 Å². The van der Waals surface area contributed by atoms with Gasteiger partial charge >= 0.3 is 5.97 Å². The monoisotopic (exact) mass is 497 g/mol. The van der Waals surface area contributed by atoms with E-state index in [4.69, 9.17) is 4.74 Å². The number of carbonyl (C=O) groups is 2. The van der Waals surface area contributed by atoms with Crippen LogP contribution in [0.2, 0.25) is 0 Å². The zero-order valence-electron chi connectivity index (χ0n) is 17.2. The molecule has 0 aliphatic carbocycles. The Bertz CT molecular complexity index is 1220. The van der Waals surface area contributed by atoms with E-state index in [0.29, 0.717) is 17.0 Å². The largest absolute Gasteiger partial charge is 0.455 e. The van der Waals surface area contributed by atoms with Crippen LogP contribution in [0.15, 0.2) is 41.8 Å². The van der Waals surface area contributed by atoms with Gasteiger partial charge in [0, 0.05) is 23.7 Å². The van der Waals surface area contributed by atoms with E-state index in [1.54, 1.807) is 23.6 Å². The van der Waals surface area contributed by atoms with Gasteiger partial charge in [-0.1, -0.05) is 12.1 Å². The van der Waals surface area contributed by atoms with Gasteiger partial charge in [-0.15, -0.1) is 22.7 Å². The first kappa shape index (κ1) is 24.0. The first-order chi connectivity index (χ1) is 15.1. The molecule has 1 amide bonds. The number of nitrogens with zero attached hydrogens (tertiary/aromatic N) is 2. The fourth-order valence-electron chi connectivity index (χ4n) is 2.70. The molecule has 0 bridgehead atoms. The number of amides is 1. The van der Waals surface area contributed by atoms with Crippen LogP contribution in [0.1, 0.15) is 27.2 Å². The van der Waals surface area contributed by atoms with Crippen LogP contribution in [-0.2, 0) is 32.6 Å². The number of sulfonamides is 1. The molecule has 1 aromatic carbocycles. The number of anilines is 2. The number of carbonyl (C=O) groups excluding carboxylic acids is 2. The highest BCUT2D eigenvalue weighted by Gasteiger charge is 2.21. The highest BCUT2D eigenvalue weighted by atomic mass is 32.2. The minimum Gasteiger partial charge on any atom is -0.455 e. The Kier molecular flexibility index (Phi) is 7.72. The summed E-state index contributed by atoms with van der Waals surface area (Å²) in [6, 6.07) is 9.25. The summed E-state index contributed by atoms with van der Waals surface area (Å²) < 4.78 is 44.1. The zero-order valence-corrected chi connectivity index (χ0v) is 19.7. The molecule has 0 saturated carbocycles. The topological polar surface area (TPSA) is 106 Å². The molecular formula is C20H20FN3O5S3. The number of thiophene rings is 1. The normalized spacial score (nSPS) is 11.3. The van der Waals surface area contributed by atoms with Crippen molar-refractivity contribution in [1.29, 1.82) is 0 Å². The molecule has 0 fully saturated rings. The SMILES string of the molecule is CC(=O)N(c1nc(COC(=O)c2ccc(CCNS(C)(=O)=O)s2)cs1)c1ccccc1F. The van der Waals surface area contributed by atoms with Gasteiger partial charge in [0.2, 0.25) is 15.9 Å². The number of para-hydroxylation sites is 1. The van der Waals surface area contributed by atoms with E-state index in [1.807, 2.05) is 0 Å². The molecule has 2 aromatic heterocycles. The molecule has 0 aliphatic rings. The third kappa shape index (κ3) is 6.42. The molecule has 170 valence electrons. The molecular weight excluding hydrogens is 477 g/mol. The van der Waals surface area contributed by atoms with Crippen LogP contribution < -0.4 is 9.62 Å². The first-order valence-electron chi connectivity index (χ1n) is 9.34. The molecule has 3 aromatic rings. The molecule has 0 spiro atoms. The van der Waals surface area contributed by atoms with Gasteiger partial charge in [-0.2, -0.15) is 0 Å². The molecule has 8 nitrogen and oxygen atoms in total. The third-order valence-corrected chi connectivity index (χ3v) is 6.82. The third-order valence-electron chi connectivity index (χ3n) is 4.09. The summed E-state index contributed by atoms with van der Waals surface area (Å²) in [6.07, 6.45) is 1.54. The lowest BCUT2D eigenvalue weighted by atomic mass is 10.3. The van der Waals surface area contributed by atoms with Crippen molar-refractivity contribution in [2.45, 2.75) is 20.0 Å². The van der Waals surface area contributed by atoms with E-state index in [0.717, 1.165) is 22.5 Å². The molecule has 2 heterocycles. The summed E-state index contributed by atoms with van der Waals surface area (Å²) in [6.45, 7) is 1.44. The van der Waals surface area contributed by atoms with E-state index >= 15 is 0 Å². The second kappa shape index (κ2) is 10.3. The van der Waals surface area contributed by atoms with Crippen molar-refractivity contribution in [2.24, 2.45) is 0 Å². The van der Waals surface area contributed by atoms with Gasteiger partial charge in [-0.05, 0) is 30.7 Å². The maximum atomic E-state index is 14.2. The fraction of sp³-hybridized carbons (Fsp3) is 0.250. The molecule has 32 heavy (non-hydrogen) atoms. The van der Waals surface area contributed by atoms with E-state index in [2.05, 4.69) is 9.71 Å². The van der Waals surface area contributed by atoms with Crippen molar-refractivity contribution >= 4 is 55.4 Å².